The van der Waals surface area contributed by atoms with Crippen molar-refractivity contribution in [1.82, 2.24) is 9.55 Å². The molecule has 7 heteroatoms. The van der Waals surface area contributed by atoms with E-state index < -0.39 is 0 Å². The molecule has 0 unspecified atom stereocenters. The highest BCUT2D eigenvalue weighted by Crippen LogP contribution is 2.17. The predicted octanol–water partition coefficient (Wildman–Crippen LogP) is 2.95. The summed E-state index contributed by atoms with van der Waals surface area (Å²) < 4.78 is 2.06. The third-order valence-corrected chi connectivity index (χ3v) is 2.59. The Labute approximate surface area is 131 Å². The molecular weight excluding hydrogens is 307 g/mol. The summed E-state index contributed by atoms with van der Waals surface area (Å²) in [7, 11) is 0. The molecule has 4 nitrogen and oxygen atoms in total. The van der Waals surface area contributed by atoms with Gasteiger partial charge in [0.15, 0.2) is 0 Å². The molecule has 19 heavy (non-hydrogen) atoms. The molecule has 0 aliphatic rings. The van der Waals surface area contributed by atoms with Crippen molar-refractivity contribution in [3.63, 3.8) is 0 Å². The van der Waals surface area contributed by atoms with E-state index in [1.54, 1.807) is 6.20 Å². The van der Waals surface area contributed by atoms with E-state index in [0.29, 0.717) is 0 Å². The van der Waals surface area contributed by atoms with Gasteiger partial charge in [0, 0.05) is 30.3 Å². The topological polar surface area (TPSA) is 69.9 Å². The minimum Gasteiger partial charge on any atom is -0.399 e. The van der Waals surface area contributed by atoms with E-state index in [2.05, 4.69) is 9.55 Å². The lowest BCUT2D eigenvalue weighted by Crippen LogP contribution is -2.00. The Balaban J connectivity index is 0. The first kappa shape index (κ1) is 20.2. The molecule has 0 amide bonds. The van der Waals surface area contributed by atoms with E-state index >= 15 is 0 Å². The Morgan fingerprint density at radius 1 is 1.11 bits per heavy atom. The number of rotatable bonds is 4. The second-order valence-corrected chi connectivity index (χ2v) is 3.86. The standard InChI is InChI=1S/C12H16N4.3ClH/c13-11-3-4-12(14)10(8-11)2-1-6-16-7-5-15-9-16;;;/h3-5,7-9H,1-2,6,13-14H2;3*1H. The maximum atomic E-state index is 5.87. The van der Waals surface area contributed by atoms with Gasteiger partial charge < -0.3 is 16.0 Å². The van der Waals surface area contributed by atoms with E-state index in [9.17, 15) is 0 Å². The Kier molecular flexibility index (Phi) is 10.4. The summed E-state index contributed by atoms with van der Waals surface area (Å²) in [5.41, 5.74) is 14.3. The molecule has 0 fully saturated rings. The van der Waals surface area contributed by atoms with E-state index in [-0.39, 0.29) is 37.2 Å². The molecule has 0 spiro atoms. The van der Waals surface area contributed by atoms with Crippen molar-refractivity contribution >= 4 is 48.6 Å². The number of aromatic nitrogens is 2. The molecule has 0 bridgehead atoms. The van der Waals surface area contributed by atoms with E-state index in [4.69, 9.17) is 11.5 Å². The van der Waals surface area contributed by atoms with Crippen molar-refractivity contribution in [2.24, 2.45) is 0 Å². The number of nitrogens with two attached hydrogens (primary N) is 2. The number of nitrogen functional groups attached to an aromatic ring is 2. The number of hydrogen-bond acceptors (Lipinski definition) is 3. The van der Waals surface area contributed by atoms with Crippen molar-refractivity contribution in [3.05, 3.63) is 42.5 Å². The van der Waals surface area contributed by atoms with Gasteiger partial charge in [0.25, 0.3) is 0 Å². The SMILES string of the molecule is Cl.Cl.Cl.Nc1ccc(N)c(CCCn2ccnc2)c1. The van der Waals surface area contributed by atoms with Crippen LogP contribution in [-0.4, -0.2) is 9.55 Å². The highest BCUT2D eigenvalue weighted by atomic mass is 35.5. The van der Waals surface area contributed by atoms with Crippen LogP contribution in [0, 0.1) is 0 Å². The first-order chi connectivity index (χ1) is 7.75. The van der Waals surface area contributed by atoms with Crippen LogP contribution in [0.3, 0.4) is 0 Å². The molecule has 1 heterocycles. The average Bonchev–Trinajstić information content (AvgIpc) is 2.76. The molecule has 0 aliphatic carbocycles. The van der Waals surface area contributed by atoms with Crippen LogP contribution < -0.4 is 11.5 Å². The van der Waals surface area contributed by atoms with E-state index in [1.165, 1.54) is 0 Å². The zero-order chi connectivity index (χ0) is 11.4. The molecule has 4 N–H and O–H groups in total. The molecule has 2 aromatic rings. The quantitative estimate of drug-likeness (QED) is 0.849. The fraction of sp³-hybridized carbons (Fsp3) is 0.250. The number of hydrogen-bond donors (Lipinski definition) is 2. The Hall–Kier alpha value is -1.10. The molecule has 1 aromatic heterocycles. The van der Waals surface area contributed by atoms with Gasteiger partial charge in [0.2, 0.25) is 0 Å². The molecular formula is C12H19Cl3N4. The maximum absolute atomic E-state index is 5.87. The molecule has 0 atom stereocenters. The Morgan fingerprint density at radius 3 is 2.47 bits per heavy atom. The van der Waals surface area contributed by atoms with Crippen LogP contribution in [0.4, 0.5) is 11.4 Å². The van der Waals surface area contributed by atoms with Crippen molar-refractivity contribution in [1.29, 1.82) is 0 Å². The summed E-state index contributed by atoms with van der Waals surface area (Å²) in [6.07, 6.45) is 7.54. The minimum atomic E-state index is 0. The summed E-state index contributed by atoms with van der Waals surface area (Å²) in [5.74, 6) is 0. The first-order valence-electron chi connectivity index (χ1n) is 5.35. The molecule has 108 valence electrons. The molecule has 0 radical (unpaired) electrons. The van der Waals surface area contributed by atoms with E-state index in [0.717, 1.165) is 36.3 Å². The van der Waals surface area contributed by atoms with Gasteiger partial charge in [-0.15, -0.1) is 37.2 Å². The van der Waals surface area contributed by atoms with Gasteiger partial charge in [-0.2, -0.15) is 0 Å². The summed E-state index contributed by atoms with van der Waals surface area (Å²) in [6, 6.07) is 5.64. The monoisotopic (exact) mass is 324 g/mol. The van der Waals surface area contributed by atoms with Crippen LogP contribution in [0.2, 0.25) is 0 Å². The number of imidazole rings is 1. The highest BCUT2D eigenvalue weighted by molar-refractivity contribution is 5.86. The van der Waals surface area contributed by atoms with Gasteiger partial charge >= 0.3 is 0 Å². The molecule has 0 aliphatic heterocycles. The summed E-state index contributed by atoms with van der Waals surface area (Å²) in [5, 5.41) is 0. The largest absolute Gasteiger partial charge is 0.399 e. The lowest BCUT2D eigenvalue weighted by Gasteiger charge is -2.07. The molecule has 2 rings (SSSR count). The van der Waals surface area contributed by atoms with Crippen LogP contribution in [0.5, 0.6) is 0 Å². The number of anilines is 2. The number of benzene rings is 1. The van der Waals surface area contributed by atoms with Crippen LogP contribution in [-0.2, 0) is 13.0 Å². The van der Waals surface area contributed by atoms with Crippen LogP contribution in [0.25, 0.3) is 0 Å². The zero-order valence-electron chi connectivity index (χ0n) is 10.4. The van der Waals surface area contributed by atoms with Crippen molar-refractivity contribution in [2.45, 2.75) is 19.4 Å². The summed E-state index contributed by atoms with van der Waals surface area (Å²) in [4.78, 5) is 4.00. The minimum absolute atomic E-state index is 0. The summed E-state index contributed by atoms with van der Waals surface area (Å²) >= 11 is 0. The van der Waals surface area contributed by atoms with Crippen LogP contribution >= 0.6 is 37.2 Å². The van der Waals surface area contributed by atoms with E-state index in [1.807, 2.05) is 30.7 Å². The average molecular weight is 326 g/mol. The third kappa shape index (κ3) is 6.05. The van der Waals surface area contributed by atoms with Gasteiger partial charge in [-0.3, -0.25) is 0 Å². The van der Waals surface area contributed by atoms with Crippen molar-refractivity contribution < 1.29 is 0 Å². The van der Waals surface area contributed by atoms with Crippen molar-refractivity contribution in [2.75, 3.05) is 11.5 Å². The van der Waals surface area contributed by atoms with Gasteiger partial charge in [0.1, 0.15) is 0 Å². The third-order valence-electron chi connectivity index (χ3n) is 2.59. The number of halogens is 3. The lowest BCUT2D eigenvalue weighted by atomic mass is 10.1. The fourth-order valence-electron chi connectivity index (χ4n) is 1.71. The van der Waals surface area contributed by atoms with Gasteiger partial charge in [-0.1, -0.05) is 0 Å². The fourth-order valence-corrected chi connectivity index (χ4v) is 1.71. The lowest BCUT2D eigenvalue weighted by molar-refractivity contribution is 0.642. The predicted molar refractivity (Wildman–Crippen MR) is 87.6 cm³/mol. The number of aryl methyl sites for hydroxylation is 2. The summed E-state index contributed by atoms with van der Waals surface area (Å²) in [6.45, 7) is 0.953. The van der Waals surface area contributed by atoms with Crippen LogP contribution in [0.15, 0.2) is 36.9 Å². The molecule has 0 saturated heterocycles. The highest BCUT2D eigenvalue weighted by Gasteiger charge is 2.00. The van der Waals surface area contributed by atoms with Gasteiger partial charge in [-0.05, 0) is 36.6 Å². The zero-order valence-corrected chi connectivity index (χ0v) is 12.8. The Morgan fingerprint density at radius 2 is 1.84 bits per heavy atom. The molecule has 0 saturated carbocycles. The maximum Gasteiger partial charge on any atom is 0.0945 e. The van der Waals surface area contributed by atoms with Crippen LogP contribution in [0.1, 0.15) is 12.0 Å². The Bertz CT molecular complexity index is 460. The van der Waals surface area contributed by atoms with Crippen molar-refractivity contribution in [3.8, 4) is 0 Å². The number of nitrogens with zero attached hydrogens (tertiary/aromatic N) is 2. The van der Waals surface area contributed by atoms with Gasteiger partial charge in [0.05, 0.1) is 6.33 Å². The second kappa shape index (κ2) is 9.78. The van der Waals surface area contributed by atoms with Gasteiger partial charge in [-0.25, -0.2) is 4.98 Å². The normalized spacial score (nSPS) is 8.84. The second-order valence-electron chi connectivity index (χ2n) is 3.86. The molecule has 1 aromatic carbocycles. The first-order valence-corrected chi connectivity index (χ1v) is 5.35. The smallest absolute Gasteiger partial charge is 0.0945 e.